The molecule has 11 nitrogen and oxygen atoms in total. The molecule has 2 atom stereocenters. The lowest BCUT2D eigenvalue weighted by molar-refractivity contribution is 0.145. The molecule has 0 saturated heterocycles. The first-order chi connectivity index (χ1) is 18.2. The maximum Gasteiger partial charge on any atom is 0.240 e. The standard InChI is InChI=1S/C27H36N8O3/c1-8-37-26-19-9-10-21-20-11-22(28-18(5)25(20)30-29-21)24-17(4)31-34(7)27(24)38-16(3)12-33(6)13-23(19)35(32-26)15(2)14-36/h9-11,15-16,36H,8,12-14H2,1-7H3,(H,29,30)/b10-9+/t15-,16-/m1/s1. The largest absolute Gasteiger partial charge is 0.476 e. The van der Waals surface area contributed by atoms with Gasteiger partial charge in [-0.15, -0.1) is 5.10 Å². The average molecular weight is 521 g/mol. The number of pyridine rings is 1. The number of ether oxygens (including phenoxy) is 2. The van der Waals surface area contributed by atoms with Gasteiger partial charge in [0.25, 0.3) is 0 Å². The topological polar surface area (TPSA) is 119 Å². The number of aliphatic hydroxyl groups is 1. The van der Waals surface area contributed by atoms with Crippen molar-refractivity contribution < 1.29 is 14.6 Å². The predicted molar refractivity (Wildman–Crippen MR) is 146 cm³/mol. The Hall–Kier alpha value is -3.70. The first-order valence-corrected chi connectivity index (χ1v) is 13.0. The van der Waals surface area contributed by atoms with E-state index >= 15 is 0 Å². The molecule has 0 aliphatic carbocycles. The fourth-order valence-electron chi connectivity index (χ4n) is 5.13. The summed E-state index contributed by atoms with van der Waals surface area (Å²) in [7, 11) is 3.94. The van der Waals surface area contributed by atoms with Crippen LogP contribution in [0.25, 0.3) is 34.3 Å². The molecule has 11 heteroatoms. The monoisotopic (exact) mass is 520 g/mol. The highest BCUT2D eigenvalue weighted by Crippen LogP contribution is 2.36. The number of aromatic nitrogens is 7. The molecular formula is C27H36N8O3. The third-order valence-electron chi connectivity index (χ3n) is 6.87. The highest BCUT2D eigenvalue weighted by Gasteiger charge is 2.25. The van der Waals surface area contributed by atoms with Crippen molar-refractivity contribution in [2.45, 2.75) is 53.3 Å². The number of aryl methyl sites for hydroxylation is 3. The lowest BCUT2D eigenvalue weighted by Crippen LogP contribution is -2.32. The van der Waals surface area contributed by atoms with Crippen molar-refractivity contribution in [3.8, 4) is 23.0 Å². The van der Waals surface area contributed by atoms with Crippen LogP contribution in [0.3, 0.4) is 0 Å². The number of fused-ring (bicyclic) bond motifs is 4. The molecule has 2 bridgehead atoms. The number of aliphatic hydroxyl groups excluding tert-OH is 1. The summed E-state index contributed by atoms with van der Waals surface area (Å²) in [5.74, 6) is 1.22. The number of nitrogens with one attached hydrogen (secondary N) is 1. The molecule has 0 amide bonds. The number of nitrogens with zero attached hydrogens (tertiary/aromatic N) is 7. The minimum atomic E-state index is -0.209. The fourth-order valence-corrected chi connectivity index (χ4v) is 5.13. The Morgan fingerprint density at radius 2 is 2.00 bits per heavy atom. The van der Waals surface area contributed by atoms with Crippen molar-refractivity contribution in [1.29, 1.82) is 0 Å². The Bertz CT molecular complexity index is 1500. The summed E-state index contributed by atoms with van der Waals surface area (Å²) >= 11 is 0. The van der Waals surface area contributed by atoms with Gasteiger partial charge < -0.3 is 14.6 Å². The zero-order valence-electron chi connectivity index (χ0n) is 23.1. The van der Waals surface area contributed by atoms with Gasteiger partial charge in [0, 0.05) is 25.5 Å². The summed E-state index contributed by atoms with van der Waals surface area (Å²) in [5.41, 5.74) is 6.84. The molecular weight excluding hydrogens is 484 g/mol. The SMILES string of the molecule is CCOc1nn([C@H](C)CO)c2c1/C=C/c1[nH]nc3c(C)nc(cc13)-c1c(C)nn(C)c1O[C@H](C)CN(C)C2. The summed E-state index contributed by atoms with van der Waals surface area (Å²) in [6, 6.07) is 1.83. The second-order valence-corrected chi connectivity index (χ2v) is 10.0. The number of likely N-dealkylation sites (N-methyl/N-ethyl adjacent to an activating group) is 1. The van der Waals surface area contributed by atoms with Crippen LogP contribution in [0.2, 0.25) is 0 Å². The molecule has 1 aliphatic rings. The summed E-state index contributed by atoms with van der Waals surface area (Å²) in [4.78, 5) is 7.07. The number of hydrogen-bond donors (Lipinski definition) is 2. The molecule has 38 heavy (non-hydrogen) atoms. The van der Waals surface area contributed by atoms with Gasteiger partial charge in [-0.1, -0.05) is 0 Å². The molecule has 0 fully saturated rings. The third kappa shape index (κ3) is 4.56. The normalized spacial score (nSPS) is 17.9. The first kappa shape index (κ1) is 25.9. The molecule has 5 heterocycles. The zero-order chi connectivity index (χ0) is 27.1. The van der Waals surface area contributed by atoms with Gasteiger partial charge in [-0.25, -0.2) is 4.68 Å². The van der Waals surface area contributed by atoms with Crippen LogP contribution >= 0.6 is 0 Å². The van der Waals surface area contributed by atoms with E-state index in [9.17, 15) is 5.11 Å². The Kier molecular flexibility index (Phi) is 6.97. The van der Waals surface area contributed by atoms with Crippen LogP contribution in [0.1, 0.15) is 55.2 Å². The van der Waals surface area contributed by atoms with Crippen molar-refractivity contribution in [3.63, 3.8) is 0 Å². The summed E-state index contributed by atoms with van der Waals surface area (Å²) in [6.07, 6.45) is 3.89. The van der Waals surface area contributed by atoms with Crippen LogP contribution in [0, 0.1) is 13.8 Å². The van der Waals surface area contributed by atoms with E-state index in [1.54, 1.807) is 4.68 Å². The smallest absolute Gasteiger partial charge is 0.240 e. The molecule has 4 aromatic rings. The van der Waals surface area contributed by atoms with Gasteiger partial charge in [0.1, 0.15) is 11.6 Å². The molecule has 0 aromatic carbocycles. The molecule has 202 valence electrons. The highest BCUT2D eigenvalue weighted by atomic mass is 16.5. The second-order valence-electron chi connectivity index (χ2n) is 10.0. The van der Waals surface area contributed by atoms with E-state index < -0.39 is 0 Å². The van der Waals surface area contributed by atoms with E-state index in [1.165, 1.54) is 0 Å². The van der Waals surface area contributed by atoms with Gasteiger partial charge in [-0.2, -0.15) is 10.2 Å². The summed E-state index contributed by atoms with van der Waals surface area (Å²) < 4.78 is 16.1. The Morgan fingerprint density at radius 1 is 1.21 bits per heavy atom. The molecule has 0 unspecified atom stereocenters. The highest BCUT2D eigenvalue weighted by molar-refractivity contribution is 5.93. The molecule has 0 saturated carbocycles. The molecule has 4 aromatic heterocycles. The predicted octanol–water partition coefficient (Wildman–Crippen LogP) is 3.51. The number of rotatable bonds is 4. The lowest BCUT2D eigenvalue weighted by atomic mass is 10.1. The van der Waals surface area contributed by atoms with Crippen molar-refractivity contribution in [2.24, 2.45) is 7.05 Å². The van der Waals surface area contributed by atoms with Crippen molar-refractivity contribution in [3.05, 3.63) is 34.4 Å². The van der Waals surface area contributed by atoms with Gasteiger partial charge >= 0.3 is 0 Å². The summed E-state index contributed by atoms with van der Waals surface area (Å²) in [6.45, 7) is 11.6. The minimum Gasteiger partial charge on any atom is -0.476 e. The van der Waals surface area contributed by atoms with Crippen molar-refractivity contribution in [2.75, 3.05) is 26.8 Å². The van der Waals surface area contributed by atoms with Gasteiger partial charge in [-0.3, -0.25) is 19.7 Å². The Morgan fingerprint density at radius 3 is 2.74 bits per heavy atom. The fraction of sp³-hybridized carbons (Fsp3) is 0.481. The number of hydrogen-bond acceptors (Lipinski definition) is 8. The van der Waals surface area contributed by atoms with E-state index in [-0.39, 0.29) is 18.8 Å². The Labute approximate surface area is 222 Å². The van der Waals surface area contributed by atoms with E-state index in [0.29, 0.717) is 31.5 Å². The van der Waals surface area contributed by atoms with Crippen LogP contribution in [0.5, 0.6) is 11.8 Å². The third-order valence-corrected chi connectivity index (χ3v) is 6.87. The van der Waals surface area contributed by atoms with Crippen LogP contribution < -0.4 is 9.47 Å². The van der Waals surface area contributed by atoms with Gasteiger partial charge in [-0.05, 0) is 59.9 Å². The van der Waals surface area contributed by atoms with Crippen molar-refractivity contribution >= 4 is 23.1 Å². The van der Waals surface area contributed by atoms with E-state index in [2.05, 4.69) is 34.2 Å². The van der Waals surface area contributed by atoms with Crippen LogP contribution in [-0.2, 0) is 13.6 Å². The molecule has 2 N–H and O–H groups in total. The van der Waals surface area contributed by atoms with E-state index in [0.717, 1.165) is 50.5 Å². The average Bonchev–Trinajstić information content (AvgIpc) is 3.51. The van der Waals surface area contributed by atoms with Crippen LogP contribution in [0.4, 0.5) is 0 Å². The molecule has 0 radical (unpaired) electrons. The first-order valence-electron chi connectivity index (χ1n) is 13.0. The number of aromatic amines is 1. The molecule has 1 aliphatic heterocycles. The van der Waals surface area contributed by atoms with Gasteiger partial charge in [0.15, 0.2) is 0 Å². The zero-order valence-corrected chi connectivity index (χ0v) is 23.1. The summed E-state index contributed by atoms with van der Waals surface area (Å²) in [5, 5.41) is 28.0. The maximum absolute atomic E-state index is 9.96. The van der Waals surface area contributed by atoms with Gasteiger partial charge in [0.05, 0.1) is 58.9 Å². The lowest BCUT2D eigenvalue weighted by Gasteiger charge is -2.24. The molecule has 0 spiro atoms. The maximum atomic E-state index is 9.96. The van der Waals surface area contributed by atoms with E-state index in [1.807, 2.05) is 57.6 Å². The minimum absolute atomic E-state index is 0.0323. The van der Waals surface area contributed by atoms with Crippen LogP contribution in [-0.4, -0.2) is 77.7 Å². The van der Waals surface area contributed by atoms with Crippen molar-refractivity contribution in [1.82, 2.24) is 39.6 Å². The Balaban J connectivity index is 1.75. The van der Waals surface area contributed by atoms with E-state index in [4.69, 9.17) is 19.6 Å². The van der Waals surface area contributed by atoms with Crippen LogP contribution in [0.15, 0.2) is 6.07 Å². The van der Waals surface area contributed by atoms with Gasteiger partial charge in [0.2, 0.25) is 11.8 Å². The molecule has 5 rings (SSSR count). The quantitative estimate of drug-likeness (QED) is 0.420. The number of H-pyrrole nitrogens is 1. The second kappa shape index (κ2) is 10.2.